The zero-order valence-electron chi connectivity index (χ0n) is 12.3. The quantitative estimate of drug-likeness (QED) is 0.610. The van der Waals surface area contributed by atoms with Gasteiger partial charge < -0.3 is 9.73 Å². The van der Waals surface area contributed by atoms with Crippen molar-refractivity contribution >= 4 is 17.3 Å². The monoisotopic (exact) mass is 303 g/mol. The molecule has 0 radical (unpaired) electrons. The fourth-order valence-electron chi connectivity index (χ4n) is 1.76. The zero-order chi connectivity index (χ0) is 15.8. The Morgan fingerprint density at radius 2 is 2.05 bits per heavy atom. The van der Waals surface area contributed by atoms with Crippen LogP contribution < -0.4 is 10.7 Å². The number of hydrogen-bond acceptors (Lipinski definition) is 4. The van der Waals surface area contributed by atoms with Crippen molar-refractivity contribution in [3.05, 3.63) is 54.2 Å². The van der Waals surface area contributed by atoms with Gasteiger partial charge in [0.1, 0.15) is 11.6 Å². The van der Waals surface area contributed by atoms with Crippen molar-refractivity contribution in [1.82, 2.24) is 5.43 Å². The fraction of sp³-hybridized carbons (Fsp3) is 0.250. The van der Waals surface area contributed by atoms with Crippen LogP contribution in [0.25, 0.3) is 0 Å². The molecule has 2 N–H and O–H groups in total. The Hall–Kier alpha value is -2.63. The van der Waals surface area contributed by atoms with Crippen LogP contribution in [0.5, 0.6) is 0 Å². The summed E-state index contributed by atoms with van der Waals surface area (Å²) in [5.41, 5.74) is 3.96. The number of carbonyl (C=O) groups is 1. The lowest BCUT2D eigenvalue weighted by Gasteiger charge is -2.05. The second-order valence-corrected chi connectivity index (χ2v) is 4.82. The second kappa shape index (κ2) is 7.97. The number of carbonyl (C=O) groups excluding carboxylic acids is 1. The first kappa shape index (κ1) is 15.8. The topological polar surface area (TPSA) is 66.6 Å². The first-order valence-corrected chi connectivity index (χ1v) is 6.97. The molecule has 0 aliphatic rings. The number of anilines is 1. The summed E-state index contributed by atoms with van der Waals surface area (Å²) < 4.78 is 18.0. The van der Waals surface area contributed by atoms with E-state index in [9.17, 15) is 9.18 Å². The van der Waals surface area contributed by atoms with E-state index in [4.69, 9.17) is 4.42 Å². The summed E-state index contributed by atoms with van der Waals surface area (Å²) in [6.07, 6.45) is 3.08. The number of furan rings is 1. The molecule has 0 unspecified atom stereocenters. The molecule has 0 saturated heterocycles. The van der Waals surface area contributed by atoms with Gasteiger partial charge in [-0.1, -0.05) is 0 Å². The van der Waals surface area contributed by atoms with Gasteiger partial charge in [0, 0.05) is 17.8 Å². The molecule has 0 bridgehead atoms. The van der Waals surface area contributed by atoms with E-state index in [2.05, 4.69) is 15.8 Å². The standard InChI is InChI=1S/C16H18FN3O2/c1-12(4-9-15-3-2-10-22-15)19-20-16(21)11-18-14-7-5-13(17)6-8-14/h2-3,5-8,10,18H,4,9,11H2,1H3,(H,20,21). The third kappa shape index (κ3) is 5.40. The first-order chi connectivity index (χ1) is 10.6. The molecule has 0 spiro atoms. The minimum atomic E-state index is -0.313. The largest absolute Gasteiger partial charge is 0.469 e. The summed E-state index contributed by atoms with van der Waals surface area (Å²) in [5.74, 6) is 0.312. The van der Waals surface area contributed by atoms with E-state index in [-0.39, 0.29) is 18.3 Å². The summed E-state index contributed by atoms with van der Waals surface area (Å²) in [6.45, 7) is 1.91. The predicted octanol–water partition coefficient (Wildman–Crippen LogP) is 2.96. The van der Waals surface area contributed by atoms with Crippen LogP contribution in [0.3, 0.4) is 0 Å². The Bertz CT molecular complexity index is 621. The lowest BCUT2D eigenvalue weighted by atomic mass is 10.2. The van der Waals surface area contributed by atoms with Gasteiger partial charge >= 0.3 is 0 Å². The molecule has 0 aliphatic heterocycles. The minimum absolute atomic E-state index is 0.0700. The number of nitrogens with one attached hydrogen (secondary N) is 2. The van der Waals surface area contributed by atoms with Crippen molar-refractivity contribution < 1.29 is 13.6 Å². The van der Waals surface area contributed by atoms with Gasteiger partial charge in [-0.15, -0.1) is 0 Å². The summed E-state index contributed by atoms with van der Waals surface area (Å²) in [4.78, 5) is 11.6. The number of benzene rings is 1. The minimum Gasteiger partial charge on any atom is -0.469 e. The van der Waals surface area contributed by atoms with Crippen LogP contribution in [-0.4, -0.2) is 18.2 Å². The summed E-state index contributed by atoms with van der Waals surface area (Å²) in [6, 6.07) is 9.54. The molecule has 116 valence electrons. The number of halogens is 1. The molecule has 0 atom stereocenters. The van der Waals surface area contributed by atoms with Crippen LogP contribution in [0.2, 0.25) is 0 Å². The smallest absolute Gasteiger partial charge is 0.259 e. The molecule has 22 heavy (non-hydrogen) atoms. The van der Waals surface area contributed by atoms with E-state index < -0.39 is 0 Å². The molecule has 1 aromatic heterocycles. The Labute approximate surface area is 128 Å². The number of aryl methyl sites for hydroxylation is 1. The van der Waals surface area contributed by atoms with Crippen LogP contribution in [0, 0.1) is 5.82 Å². The second-order valence-electron chi connectivity index (χ2n) is 4.82. The average molecular weight is 303 g/mol. The van der Waals surface area contributed by atoms with Crippen LogP contribution in [0.1, 0.15) is 19.1 Å². The maximum atomic E-state index is 12.7. The Kier molecular flexibility index (Phi) is 5.71. The molecule has 1 amide bonds. The number of amides is 1. The summed E-state index contributed by atoms with van der Waals surface area (Å²) in [7, 11) is 0. The average Bonchev–Trinajstić information content (AvgIpc) is 3.04. The van der Waals surface area contributed by atoms with E-state index in [1.54, 1.807) is 18.4 Å². The van der Waals surface area contributed by atoms with Crippen LogP contribution in [0.4, 0.5) is 10.1 Å². The van der Waals surface area contributed by atoms with E-state index in [0.29, 0.717) is 12.1 Å². The zero-order valence-corrected chi connectivity index (χ0v) is 12.3. The maximum absolute atomic E-state index is 12.7. The fourth-order valence-corrected chi connectivity index (χ4v) is 1.76. The SMILES string of the molecule is CC(CCc1ccco1)=NNC(=O)CNc1ccc(F)cc1. The highest BCUT2D eigenvalue weighted by molar-refractivity contribution is 5.85. The van der Waals surface area contributed by atoms with Crippen LogP contribution in [-0.2, 0) is 11.2 Å². The third-order valence-electron chi connectivity index (χ3n) is 2.98. The van der Waals surface area contributed by atoms with Gasteiger partial charge in [-0.25, -0.2) is 9.82 Å². The molecule has 1 aromatic carbocycles. The van der Waals surface area contributed by atoms with Crippen molar-refractivity contribution in [3.8, 4) is 0 Å². The molecule has 2 rings (SSSR count). The maximum Gasteiger partial charge on any atom is 0.259 e. The van der Waals surface area contributed by atoms with Crippen molar-refractivity contribution in [2.75, 3.05) is 11.9 Å². The third-order valence-corrected chi connectivity index (χ3v) is 2.98. The van der Waals surface area contributed by atoms with E-state index >= 15 is 0 Å². The van der Waals surface area contributed by atoms with Crippen molar-refractivity contribution in [2.45, 2.75) is 19.8 Å². The van der Waals surface area contributed by atoms with Gasteiger partial charge in [-0.2, -0.15) is 5.10 Å². The summed E-state index contributed by atoms with van der Waals surface area (Å²) >= 11 is 0. The van der Waals surface area contributed by atoms with E-state index in [1.807, 2.05) is 19.1 Å². The highest BCUT2D eigenvalue weighted by Crippen LogP contribution is 2.07. The number of nitrogens with zero attached hydrogens (tertiary/aromatic N) is 1. The molecule has 2 aromatic rings. The Morgan fingerprint density at radius 1 is 1.27 bits per heavy atom. The molecular formula is C16H18FN3O2. The number of hydrogen-bond donors (Lipinski definition) is 2. The molecule has 0 saturated carbocycles. The van der Waals surface area contributed by atoms with Crippen LogP contribution in [0.15, 0.2) is 52.2 Å². The predicted molar refractivity (Wildman–Crippen MR) is 83.2 cm³/mol. The lowest BCUT2D eigenvalue weighted by Crippen LogP contribution is -2.26. The molecule has 6 heteroatoms. The molecular weight excluding hydrogens is 285 g/mol. The summed E-state index contributed by atoms with van der Waals surface area (Å²) in [5, 5.41) is 6.91. The molecule has 5 nitrogen and oxygen atoms in total. The lowest BCUT2D eigenvalue weighted by molar-refractivity contribution is -0.119. The number of rotatable bonds is 7. The highest BCUT2D eigenvalue weighted by Gasteiger charge is 2.02. The molecule has 0 aliphatic carbocycles. The molecule has 0 fully saturated rings. The van der Waals surface area contributed by atoms with Crippen molar-refractivity contribution in [3.63, 3.8) is 0 Å². The van der Waals surface area contributed by atoms with Gasteiger partial charge in [0.25, 0.3) is 5.91 Å². The van der Waals surface area contributed by atoms with Gasteiger partial charge in [-0.3, -0.25) is 4.79 Å². The first-order valence-electron chi connectivity index (χ1n) is 6.97. The van der Waals surface area contributed by atoms with Crippen LogP contribution >= 0.6 is 0 Å². The van der Waals surface area contributed by atoms with Gasteiger partial charge in [0.15, 0.2) is 0 Å². The van der Waals surface area contributed by atoms with Crippen molar-refractivity contribution in [1.29, 1.82) is 0 Å². The highest BCUT2D eigenvalue weighted by atomic mass is 19.1. The normalized spacial score (nSPS) is 11.3. The Morgan fingerprint density at radius 3 is 2.73 bits per heavy atom. The van der Waals surface area contributed by atoms with E-state index in [0.717, 1.165) is 17.9 Å². The molecule has 1 heterocycles. The Balaban J connectivity index is 1.69. The van der Waals surface area contributed by atoms with Gasteiger partial charge in [0.05, 0.1) is 12.8 Å². The van der Waals surface area contributed by atoms with Gasteiger partial charge in [-0.05, 0) is 49.7 Å². The number of hydrazone groups is 1. The van der Waals surface area contributed by atoms with Crippen molar-refractivity contribution in [2.24, 2.45) is 5.10 Å². The van der Waals surface area contributed by atoms with E-state index in [1.165, 1.54) is 12.1 Å². The van der Waals surface area contributed by atoms with Gasteiger partial charge in [0.2, 0.25) is 0 Å².